The number of ether oxygens (including phenoxy) is 1. The van der Waals surface area contributed by atoms with Crippen LogP contribution in [0, 0.1) is 0 Å². The number of hydrogen-bond donors (Lipinski definition) is 0. The molecule has 0 saturated carbocycles. The molecule has 0 spiro atoms. The molecule has 3 nitrogen and oxygen atoms in total. The second-order valence-electron chi connectivity index (χ2n) is 2.74. The van der Waals surface area contributed by atoms with Gasteiger partial charge in [0.1, 0.15) is 0 Å². The Morgan fingerprint density at radius 1 is 1.62 bits per heavy atom. The highest BCUT2D eigenvalue weighted by Gasteiger charge is 2.14. The van der Waals surface area contributed by atoms with E-state index in [2.05, 4.69) is 16.8 Å². The van der Waals surface area contributed by atoms with Crippen LogP contribution >= 0.6 is 0 Å². The highest BCUT2D eigenvalue weighted by atomic mass is 28.3. The lowest BCUT2D eigenvalue weighted by Gasteiger charge is -2.14. The predicted octanol–water partition coefficient (Wildman–Crippen LogP) is 1.22. The molecule has 13 heavy (non-hydrogen) atoms. The Morgan fingerprint density at radius 2 is 2.15 bits per heavy atom. The smallest absolute Gasteiger partial charge is 0.371 e. The Bertz CT molecular complexity index is 192. The monoisotopic (exact) mass is 214 g/mol. The van der Waals surface area contributed by atoms with E-state index in [1.165, 1.54) is 0 Å². The molecule has 72 valence electrons. The first-order chi connectivity index (χ1) is 5.97. The molecule has 5 heteroatoms. The van der Waals surface area contributed by atoms with E-state index in [4.69, 9.17) is 9.16 Å². The summed E-state index contributed by atoms with van der Waals surface area (Å²) >= 11 is 0. The van der Waals surface area contributed by atoms with Crippen molar-refractivity contribution in [1.82, 2.24) is 0 Å². The molecule has 0 heterocycles. The van der Waals surface area contributed by atoms with Gasteiger partial charge in [-0.1, -0.05) is 13.5 Å². The molecule has 0 aromatic carbocycles. The fourth-order valence-electron chi connectivity index (χ4n) is 0.566. The largest absolute Gasteiger partial charge is 0.538 e. The minimum Gasteiger partial charge on any atom is -0.538 e. The lowest BCUT2D eigenvalue weighted by molar-refractivity contribution is -0.143. The summed E-state index contributed by atoms with van der Waals surface area (Å²) in [5, 5.41) is 0. The topological polar surface area (TPSA) is 35.5 Å². The first-order valence-electron chi connectivity index (χ1n) is 4.06. The van der Waals surface area contributed by atoms with E-state index in [9.17, 15) is 4.79 Å². The van der Waals surface area contributed by atoms with Crippen LogP contribution in [0.15, 0.2) is 12.3 Å². The van der Waals surface area contributed by atoms with Gasteiger partial charge in [0.15, 0.2) is 5.76 Å². The third-order valence-corrected chi connectivity index (χ3v) is 2.36. The Hall–Kier alpha value is -0.556. The number of carbonyl (C=O) groups is 1. The first kappa shape index (κ1) is 12.4. The maximum absolute atomic E-state index is 11.2. The van der Waals surface area contributed by atoms with Crippen molar-refractivity contribution in [3.05, 3.63) is 12.3 Å². The van der Waals surface area contributed by atoms with E-state index in [0.717, 1.165) is 0 Å². The summed E-state index contributed by atoms with van der Waals surface area (Å²) in [6, 6.07) is 0. The van der Waals surface area contributed by atoms with Gasteiger partial charge >= 0.3 is 5.97 Å². The maximum Gasteiger partial charge on any atom is 0.371 e. The highest BCUT2D eigenvalue weighted by Crippen LogP contribution is 2.03. The molecule has 0 rings (SSSR count). The van der Waals surface area contributed by atoms with Gasteiger partial charge in [0, 0.05) is 0 Å². The van der Waals surface area contributed by atoms with Gasteiger partial charge in [-0.05, 0) is 19.5 Å². The summed E-state index contributed by atoms with van der Waals surface area (Å²) in [6.07, 6.45) is 0.714. The first-order valence-corrected chi connectivity index (χ1v) is 7.05. The molecule has 0 saturated heterocycles. The summed E-state index contributed by atoms with van der Waals surface area (Å²) in [7, 11) is 2.29. The Labute approximate surface area is 84.3 Å². The fraction of sp³-hybridized carbons (Fsp3) is 0.625. The lowest BCUT2D eigenvalue weighted by Crippen LogP contribution is -2.21. The number of rotatable bonds is 5. The van der Waals surface area contributed by atoms with Crippen molar-refractivity contribution in [1.29, 1.82) is 0 Å². The van der Waals surface area contributed by atoms with Crippen LogP contribution in [-0.2, 0) is 14.0 Å². The van der Waals surface area contributed by atoms with Gasteiger partial charge in [0.2, 0.25) is 0 Å². The summed E-state index contributed by atoms with van der Waals surface area (Å²) in [4.78, 5) is 11.2. The molecular formula is C8H14O3Si2. The van der Waals surface area contributed by atoms with E-state index < -0.39 is 15.0 Å². The average Bonchev–Trinajstić information content (AvgIpc) is 2.02. The summed E-state index contributed by atoms with van der Waals surface area (Å²) in [5.74, 6) is -0.399. The molecule has 0 aromatic rings. The van der Waals surface area contributed by atoms with Crippen molar-refractivity contribution in [3.63, 3.8) is 0 Å². The van der Waals surface area contributed by atoms with Crippen LogP contribution in [0.1, 0.15) is 13.3 Å². The highest BCUT2D eigenvalue weighted by molar-refractivity contribution is 6.49. The van der Waals surface area contributed by atoms with Gasteiger partial charge in [-0.2, -0.15) is 0 Å². The quantitative estimate of drug-likeness (QED) is 0.299. The molecule has 0 aromatic heterocycles. The zero-order valence-electron chi connectivity index (χ0n) is 8.22. The molecular weight excluding hydrogens is 200 g/mol. The molecule has 0 amide bonds. The van der Waals surface area contributed by atoms with Crippen LogP contribution in [0.25, 0.3) is 0 Å². The molecule has 0 fully saturated rings. The van der Waals surface area contributed by atoms with Crippen LogP contribution in [0.2, 0.25) is 13.1 Å². The zero-order valence-corrected chi connectivity index (χ0v) is 10.2. The lowest BCUT2D eigenvalue weighted by atomic mass is 10.5. The number of esters is 1. The van der Waals surface area contributed by atoms with Crippen LogP contribution < -0.4 is 0 Å². The van der Waals surface area contributed by atoms with Crippen molar-refractivity contribution in [2.45, 2.75) is 32.2 Å². The van der Waals surface area contributed by atoms with Gasteiger partial charge in [-0.25, -0.2) is 4.79 Å². The fourth-order valence-corrected chi connectivity index (χ4v) is 1.25. The molecule has 4 radical (unpaired) electrons. The summed E-state index contributed by atoms with van der Waals surface area (Å²) in [5.41, 5.74) is -0.266. The SMILES string of the molecule is C=C(O[Si](C)C)C(=O)OC([Si])CC. The molecule has 0 aliphatic rings. The minimum absolute atomic E-state index is 0.0931. The molecule has 0 bridgehead atoms. The standard InChI is InChI=1S/C8H14O3Si2/c1-5-7(12)10-8(9)6(2)11-13(3)4/h7H,2,5H2,1,3-4H3. The molecule has 1 unspecified atom stereocenters. The van der Waals surface area contributed by atoms with Gasteiger partial charge in [0.25, 0.3) is 9.04 Å². The van der Waals surface area contributed by atoms with E-state index in [1.807, 2.05) is 20.0 Å². The molecule has 1 atom stereocenters. The van der Waals surface area contributed by atoms with Crippen LogP contribution in [0.4, 0.5) is 0 Å². The van der Waals surface area contributed by atoms with E-state index in [1.54, 1.807) is 0 Å². The van der Waals surface area contributed by atoms with Crippen molar-refractivity contribution < 1.29 is 14.0 Å². The predicted molar refractivity (Wildman–Crippen MR) is 53.6 cm³/mol. The van der Waals surface area contributed by atoms with Crippen LogP contribution in [0.3, 0.4) is 0 Å². The van der Waals surface area contributed by atoms with Crippen molar-refractivity contribution in [2.24, 2.45) is 0 Å². The molecule has 0 N–H and O–H groups in total. The number of hydrogen-bond acceptors (Lipinski definition) is 3. The van der Waals surface area contributed by atoms with E-state index in [-0.39, 0.29) is 11.5 Å². The maximum atomic E-state index is 11.2. The normalized spacial score (nSPS) is 12.4. The number of carbonyl (C=O) groups excluding carboxylic acids is 1. The van der Waals surface area contributed by atoms with E-state index >= 15 is 0 Å². The third-order valence-electron chi connectivity index (χ3n) is 1.18. The second kappa shape index (κ2) is 5.98. The van der Waals surface area contributed by atoms with Crippen molar-refractivity contribution in [3.8, 4) is 0 Å². The Kier molecular flexibility index (Phi) is 5.73. The van der Waals surface area contributed by atoms with E-state index in [0.29, 0.717) is 6.42 Å². The van der Waals surface area contributed by atoms with Gasteiger partial charge in [-0.15, -0.1) is 0 Å². The Morgan fingerprint density at radius 3 is 2.54 bits per heavy atom. The van der Waals surface area contributed by atoms with Crippen molar-refractivity contribution in [2.75, 3.05) is 0 Å². The van der Waals surface area contributed by atoms with Gasteiger partial charge < -0.3 is 9.16 Å². The summed E-state index contributed by atoms with van der Waals surface area (Å²) < 4.78 is 10.1. The van der Waals surface area contributed by atoms with Gasteiger partial charge in [0.05, 0.1) is 16.0 Å². The van der Waals surface area contributed by atoms with Crippen molar-refractivity contribution >= 4 is 25.3 Å². The Balaban J connectivity index is 3.90. The molecule has 0 aliphatic heterocycles. The third kappa shape index (κ3) is 5.65. The van der Waals surface area contributed by atoms with Gasteiger partial charge in [-0.3, -0.25) is 0 Å². The average molecular weight is 214 g/mol. The second-order valence-corrected chi connectivity index (χ2v) is 5.40. The summed E-state index contributed by atoms with van der Waals surface area (Å²) in [6.45, 7) is 9.24. The van der Waals surface area contributed by atoms with Crippen LogP contribution in [0.5, 0.6) is 0 Å². The molecule has 0 aliphatic carbocycles. The minimum atomic E-state index is -0.936. The van der Waals surface area contributed by atoms with Crippen LogP contribution in [-0.4, -0.2) is 31.0 Å². The zero-order chi connectivity index (χ0) is 10.4.